The fraction of sp³-hybridized carbons (Fsp3) is 0.727. The van der Waals surface area contributed by atoms with Gasteiger partial charge < -0.3 is 4.74 Å². The van der Waals surface area contributed by atoms with Gasteiger partial charge in [-0.1, -0.05) is 44.9 Å². The zero-order valence-electron chi connectivity index (χ0n) is 9.00. The number of ether oxygens (including phenoxy) is 1. The van der Waals surface area contributed by atoms with Crippen LogP contribution in [0.1, 0.15) is 26.2 Å². The summed E-state index contributed by atoms with van der Waals surface area (Å²) in [5.74, 6) is -0.0131. The summed E-state index contributed by atoms with van der Waals surface area (Å²) in [6, 6.07) is 3.96. The van der Waals surface area contributed by atoms with Gasteiger partial charge in [-0.05, 0) is 6.04 Å². The molecule has 0 aliphatic carbocycles. The number of carbonyl (C=O) groups is 1. The van der Waals surface area contributed by atoms with Crippen LogP contribution in [0.3, 0.4) is 0 Å². The molecule has 0 bridgehead atoms. The monoisotopic (exact) mass is 212 g/mol. The number of hydrogen-bond donors (Lipinski definition) is 0. The van der Waals surface area contributed by atoms with Crippen molar-refractivity contribution in [3.8, 4) is 0 Å². The van der Waals surface area contributed by atoms with Gasteiger partial charge in [0.1, 0.15) is 0 Å². The lowest BCUT2D eigenvalue weighted by Crippen LogP contribution is -2.23. The maximum atomic E-state index is 11.3. The van der Waals surface area contributed by atoms with Gasteiger partial charge in [0.15, 0.2) is 0 Å². The summed E-state index contributed by atoms with van der Waals surface area (Å²) >= 11 is 0. The Labute approximate surface area is 87.9 Å². The highest BCUT2D eigenvalue weighted by Gasteiger charge is 2.22. The molecule has 1 atom stereocenters. The Morgan fingerprint density at radius 3 is 2.71 bits per heavy atom. The molecule has 1 aliphatic rings. The Morgan fingerprint density at radius 2 is 2.14 bits per heavy atom. The second-order valence-corrected chi connectivity index (χ2v) is 7.60. The van der Waals surface area contributed by atoms with Crippen LogP contribution in [0.4, 0.5) is 0 Å². The number of rotatable bonds is 4. The molecule has 0 N–H and O–H groups in total. The quantitative estimate of drug-likeness (QED) is 0.407. The highest BCUT2D eigenvalue weighted by atomic mass is 28.3. The Hall–Kier alpha value is -0.573. The summed E-state index contributed by atoms with van der Waals surface area (Å²) in [7, 11) is -0.600. The molecule has 2 nitrogen and oxygen atoms in total. The molecule has 1 unspecified atom stereocenters. The molecule has 80 valence electrons. The van der Waals surface area contributed by atoms with Gasteiger partial charge in [-0.15, -0.1) is 0 Å². The molecule has 1 saturated heterocycles. The Bertz CT molecular complexity index is 197. The molecule has 0 aromatic heterocycles. The largest absolute Gasteiger partial charge is 0.435 e. The van der Waals surface area contributed by atoms with Crippen LogP contribution >= 0.6 is 0 Å². The molecule has 0 aromatic rings. The highest BCUT2D eigenvalue weighted by Crippen LogP contribution is 2.24. The van der Waals surface area contributed by atoms with E-state index < -0.39 is 8.80 Å². The van der Waals surface area contributed by atoms with Crippen molar-refractivity contribution in [2.45, 2.75) is 44.3 Å². The standard InChI is InChI=1S/C11H20O2Si/c1-3-13-11(12)10(2)9-14-7-5-4-6-8-14/h3,10,14H,1,4-9H2,2H3. The van der Waals surface area contributed by atoms with Crippen molar-refractivity contribution in [3.05, 3.63) is 12.8 Å². The van der Waals surface area contributed by atoms with Crippen LogP contribution < -0.4 is 0 Å². The molecule has 1 aliphatic heterocycles. The first-order chi connectivity index (χ1) is 6.74. The molecule has 0 spiro atoms. The molecule has 1 fully saturated rings. The lowest BCUT2D eigenvalue weighted by molar-refractivity contribution is -0.141. The minimum atomic E-state index is -0.600. The van der Waals surface area contributed by atoms with Gasteiger partial charge >= 0.3 is 5.97 Å². The third kappa shape index (κ3) is 3.66. The van der Waals surface area contributed by atoms with E-state index in [1.807, 2.05) is 6.92 Å². The van der Waals surface area contributed by atoms with E-state index in [9.17, 15) is 4.79 Å². The molecule has 0 amide bonds. The van der Waals surface area contributed by atoms with Crippen molar-refractivity contribution in [2.24, 2.45) is 5.92 Å². The van der Waals surface area contributed by atoms with Crippen molar-refractivity contribution in [2.75, 3.05) is 0 Å². The normalized spacial score (nSPS) is 20.1. The van der Waals surface area contributed by atoms with Crippen LogP contribution in [0.5, 0.6) is 0 Å². The first-order valence-corrected chi connectivity index (χ1v) is 8.00. The molecule has 3 heteroatoms. The molecule has 0 saturated carbocycles. The molecule has 1 rings (SSSR count). The zero-order chi connectivity index (χ0) is 10.4. The second-order valence-electron chi connectivity index (χ2n) is 4.24. The first-order valence-electron chi connectivity index (χ1n) is 5.55. The third-order valence-corrected chi connectivity index (χ3v) is 6.84. The minimum absolute atomic E-state index is 0.0859. The topological polar surface area (TPSA) is 26.3 Å². The van der Waals surface area contributed by atoms with Crippen LogP contribution in [0, 0.1) is 5.92 Å². The van der Waals surface area contributed by atoms with Crippen LogP contribution in [-0.2, 0) is 9.53 Å². The maximum Gasteiger partial charge on any atom is 0.313 e. The van der Waals surface area contributed by atoms with Crippen LogP contribution in [0.15, 0.2) is 12.8 Å². The van der Waals surface area contributed by atoms with E-state index in [1.54, 1.807) is 0 Å². The zero-order valence-corrected chi connectivity index (χ0v) is 10.2. The summed E-state index contributed by atoms with van der Waals surface area (Å²) in [4.78, 5) is 11.3. The van der Waals surface area contributed by atoms with Gasteiger partial charge in [0.25, 0.3) is 0 Å². The van der Waals surface area contributed by atoms with Crippen molar-refractivity contribution in [1.82, 2.24) is 0 Å². The minimum Gasteiger partial charge on any atom is -0.435 e. The summed E-state index contributed by atoms with van der Waals surface area (Å²) in [6.07, 6.45) is 5.41. The Morgan fingerprint density at radius 1 is 1.50 bits per heavy atom. The van der Waals surface area contributed by atoms with E-state index in [0.717, 1.165) is 6.04 Å². The van der Waals surface area contributed by atoms with Crippen molar-refractivity contribution in [3.63, 3.8) is 0 Å². The van der Waals surface area contributed by atoms with Gasteiger partial charge in [-0.2, -0.15) is 0 Å². The summed E-state index contributed by atoms with van der Waals surface area (Å²) in [6.45, 7) is 5.38. The molecular weight excluding hydrogens is 192 g/mol. The average molecular weight is 212 g/mol. The molecule has 1 heterocycles. The van der Waals surface area contributed by atoms with E-state index in [0.29, 0.717) is 0 Å². The van der Waals surface area contributed by atoms with Gasteiger partial charge in [-0.25, -0.2) is 0 Å². The van der Waals surface area contributed by atoms with E-state index in [4.69, 9.17) is 4.74 Å². The summed E-state index contributed by atoms with van der Waals surface area (Å²) in [5.41, 5.74) is 0. The predicted octanol–water partition coefficient (Wildman–Crippen LogP) is 2.72. The van der Waals surface area contributed by atoms with E-state index >= 15 is 0 Å². The highest BCUT2D eigenvalue weighted by molar-refractivity contribution is 6.59. The molecule has 0 radical (unpaired) electrons. The van der Waals surface area contributed by atoms with E-state index in [-0.39, 0.29) is 11.9 Å². The Balaban J connectivity index is 2.27. The van der Waals surface area contributed by atoms with E-state index in [2.05, 4.69) is 6.58 Å². The van der Waals surface area contributed by atoms with Crippen molar-refractivity contribution in [1.29, 1.82) is 0 Å². The van der Waals surface area contributed by atoms with Crippen molar-refractivity contribution >= 4 is 14.8 Å². The van der Waals surface area contributed by atoms with Crippen molar-refractivity contribution < 1.29 is 9.53 Å². The van der Waals surface area contributed by atoms with Gasteiger partial charge in [0.05, 0.1) is 12.2 Å². The maximum absolute atomic E-state index is 11.3. The second kappa shape index (κ2) is 6.01. The van der Waals surface area contributed by atoms with Gasteiger partial charge in [-0.3, -0.25) is 4.79 Å². The molecule has 14 heavy (non-hydrogen) atoms. The smallest absolute Gasteiger partial charge is 0.313 e. The van der Waals surface area contributed by atoms with Gasteiger partial charge in [0.2, 0.25) is 0 Å². The van der Waals surface area contributed by atoms with E-state index in [1.165, 1.54) is 37.6 Å². The van der Waals surface area contributed by atoms with Crippen LogP contribution in [-0.4, -0.2) is 14.8 Å². The van der Waals surface area contributed by atoms with Crippen LogP contribution in [0.2, 0.25) is 18.1 Å². The average Bonchev–Trinajstić information content (AvgIpc) is 2.19. The molecule has 0 aromatic carbocycles. The number of hydrogen-bond acceptors (Lipinski definition) is 2. The van der Waals surface area contributed by atoms with Gasteiger partial charge in [0, 0.05) is 8.80 Å². The predicted molar refractivity (Wildman–Crippen MR) is 60.9 cm³/mol. The Kier molecular flexibility index (Phi) is 4.94. The first kappa shape index (κ1) is 11.5. The lowest BCUT2D eigenvalue weighted by atomic mass is 10.2. The molecular formula is C11H20O2Si. The SMILES string of the molecule is C=COC(=O)C(C)C[SiH]1CCCCC1. The fourth-order valence-corrected chi connectivity index (χ4v) is 5.90. The third-order valence-electron chi connectivity index (χ3n) is 3.01. The fourth-order valence-electron chi connectivity index (χ4n) is 2.22. The summed E-state index contributed by atoms with van der Waals surface area (Å²) < 4.78 is 4.79. The number of carbonyl (C=O) groups excluding carboxylic acids is 1. The number of esters is 1. The summed E-state index contributed by atoms with van der Waals surface area (Å²) in [5, 5.41) is 0. The van der Waals surface area contributed by atoms with Crippen LogP contribution in [0.25, 0.3) is 0 Å². The lowest BCUT2D eigenvalue weighted by Gasteiger charge is -2.22.